The van der Waals surface area contributed by atoms with Gasteiger partial charge in [0.2, 0.25) is 17.8 Å². The summed E-state index contributed by atoms with van der Waals surface area (Å²) in [7, 11) is 0. The molecule has 0 saturated carbocycles. The van der Waals surface area contributed by atoms with E-state index in [4.69, 9.17) is 4.98 Å². The average molecular weight is 387 g/mol. The van der Waals surface area contributed by atoms with Crippen LogP contribution in [0.1, 0.15) is 31.2 Å². The van der Waals surface area contributed by atoms with Crippen molar-refractivity contribution >= 4 is 34.8 Å². The molecule has 0 spiro atoms. The standard InChI is InChI=1S/C22H25N7/c1-2-8-19-15-17(9-10-18(19)7-1)16-23-27-20-24-21(28-11-3-4-12-28)26-22(25-20)29-13-5-6-14-29/h1-2,7-10,15-16H,3-6,11-14H2,(H,24,25,26,27). The van der Waals surface area contributed by atoms with Gasteiger partial charge in [0, 0.05) is 26.2 Å². The van der Waals surface area contributed by atoms with Crippen molar-refractivity contribution in [2.75, 3.05) is 41.4 Å². The van der Waals surface area contributed by atoms with Crippen LogP contribution in [0.3, 0.4) is 0 Å². The number of benzene rings is 2. The van der Waals surface area contributed by atoms with Crippen molar-refractivity contribution in [3.8, 4) is 0 Å². The summed E-state index contributed by atoms with van der Waals surface area (Å²) in [6.45, 7) is 4.01. The van der Waals surface area contributed by atoms with Crippen molar-refractivity contribution in [3.63, 3.8) is 0 Å². The maximum atomic E-state index is 4.74. The summed E-state index contributed by atoms with van der Waals surface area (Å²) in [4.78, 5) is 18.4. The molecule has 1 N–H and O–H groups in total. The van der Waals surface area contributed by atoms with Crippen molar-refractivity contribution in [3.05, 3.63) is 48.0 Å². The molecule has 7 nitrogen and oxygen atoms in total. The summed E-state index contributed by atoms with van der Waals surface area (Å²) in [6, 6.07) is 14.6. The minimum Gasteiger partial charge on any atom is -0.341 e. The van der Waals surface area contributed by atoms with Crippen LogP contribution in [0.15, 0.2) is 47.6 Å². The molecule has 7 heteroatoms. The Labute approximate surface area is 170 Å². The number of anilines is 3. The van der Waals surface area contributed by atoms with Crippen LogP contribution in [0.25, 0.3) is 10.8 Å². The average Bonchev–Trinajstić information content (AvgIpc) is 3.48. The third kappa shape index (κ3) is 3.99. The maximum absolute atomic E-state index is 4.74. The van der Waals surface area contributed by atoms with Gasteiger partial charge in [0.25, 0.3) is 0 Å². The van der Waals surface area contributed by atoms with Crippen LogP contribution in [-0.4, -0.2) is 47.3 Å². The number of fused-ring (bicyclic) bond motifs is 1. The highest BCUT2D eigenvalue weighted by atomic mass is 15.4. The van der Waals surface area contributed by atoms with Gasteiger partial charge in [0.1, 0.15) is 0 Å². The van der Waals surface area contributed by atoms with Crippen LogP contribution in [0.5, 0.6) is 0 Å². The molecule has 148 valence electrons. The Kier molecular flexibility index (Phi) is 4.94. The smallest absolute Gasteiger partial charge is 0.250 e. The zero-order valence-corrected chi connectivity index (χ0v) is 16.5. The lowest BCUT2D eigenvalue weighted by molar-refractivity contribution is 0.838. The first-order chi connectivity index (χ1) is 14.3. The highest BCUT2D eigenvalue weighted by Crippen LogP contribution is 2.22. The maximum Gasteiger partial charge on any atom is 0.250 e. The van der Waals surface area contributed by atoms with E-state index in [9.17, 15) is 0 Å². The summed E-state index contributed by atoms with van der Waals surface area (Å²) in [6.07, 6.45) is 6.56. The second kappa shape index (κ2) is 8.03. The fourth-order valence-corrected chi connectivity index (χ4v) is 3.97. The van der Waals surface area contributed by atoms with Crippen LogP contribution in [0, 0.1) is 0 Å². The lowest BCUT2D eigenvalue weighted by Crippen LogP contribution is -2.25. The van der Waals surface area contributed by atoms with Gasteiger partial charge in [-0.3, -0.25) is 0 Å². The summed E-state index contributed by atoms with van der Waals surface area (Å²) < 4.78 is 0. The van der Waals surface area contributed by atoms with Crippen LogP contribution in [0.4, 0.5) is 17.8 Å². The number of rotatable bonds is 5. The van der Waals surface area contributed by atoms with Crippen molar-refractivity contribution in [2.24, 2.45) is 5.10 Å². The number of aromatic nitrogens is 3. The van der Waals surface area contributed by atoms with Gasteiger partial charge in [-0.1, -0.05) is 36.4 Å². The Hall–Kier alpha value is -3.22. The molecular weight excluding hydrogens is 362 g/mol. The fourth-order valence-electron chi connectivity index (χ4n) is 3.97. The molecule has 2 aliphatic rings. The molecule has 3 aromatic rings. The molecule has 0 bridgehead atoms. The quantitative estimate of drug-likeness (QED) is 0.532. The Morgan fingerprint density at radius 3 is 2.03 bits per heavy atom. The second-order valence-corrected chi connectivity index (χ2v) is 7.62. The van der Waals surface area contributed by atoms with E-state index in [1.807, 2.05) is 12.1 Å². The van der Waals surface area contributed by atoms with Crippen molar-refractivity contribution in [1.82, 2.24) is 15.0 Å². The van der Waals surface area contributed by atoms with E-state index in [2.05, 4.69) is 60.6 Å². The van der Waals surface area contributed by atoms with Crippen LogP contribution in [-0.2, 0) is 0 Å². The summed E-state index contributed by atoms with van der Waals surface area (Å²) in [5, 5.41) is 6.81. The molecular formula is C22H25N7. The van der Waals surface area contributed by atoms with Gasteiger partial charge in [-0.15, -0.1) is 0 Å². The Bertz CT molecular complexity index is 986. The zero-order valence-electron chi connectivity index (χ0n) is 16.5. The predicted molar refractivity (Wildman–Crippen MR) is 118 cm³/mol. The van der Waals surface area contributed by atoms with E-state index in [0.29, 0.717) is 5.95 Å². The Morgan fingerprint density at radius 1 is 0.759 bits per heavy atom. The number of hydrogen-bond acceptors (Lipinski definition) is 7. The van der Waals surface area contributed by atoms with Gasteiger partial charge in [0.15, 0.2) is 0 Å². The first kappa shape index (κ1) is 17.8. The fraction of sp³-hybridized carbons (Fsp3) is 0.364. The van der Waals surface area contributed by atoms with E-state index in [1.54, 1.807) is 6.21 Å². The minimum absolute atomic E-state index is 0.501. The molecule has 3 heterocycles. The van der Waals surface area contributed by atoms with Crippen molar-refractivity contribution in [1.29, 1.82) is 0 Å². The van der Waals surface area contributed by atoms with E-state index in [0.717, 1.165) is 43.6 Å². The molecule has 2 aliphatic heterocycles. The lowest BCUT2D eigenvalue weighted by atomic mass is 10.1. The number of hydrogen-bond donors (Lipinski definition) is 1. The molecule has 2 aromatic carbocycles. The predicted octanol–water partition coefficient (Wildman–Crippen LogP) is 3.67. The monoisotopic (exact) mass is 387 g/mol. The Balaban J connectivity index is 1.37. The van der Waals surface area contributed by atoms with Crippen molar-refractivity contribution < 1.29 is 0 Å². The number of hydrazone groups is 1. The van der Waals surface area contributed by atoms with Gasteiger partial charge in [-0.05, 0) is 48.1 Å². The minimum atomic E-state index is 0.501. The van der Waals surface area contributed by atoms with Crippen LogP contribution >= 0.6 is 0 Å². The van der Waals surface area contributed by atoms with Crippen LogP contribution in [0.2, 0.25) is 0 Å². The van der Waals surface area contributed by atoms with Gasteiger partial charge in [-0.2, -0.15) is 20.1 Å². The summed E-state index contributed by atoms with van der Waals surface area (Å²) >= 11 is 0. The number of nitrogens with zero attached hydrogens (tertiary/aromatic N) is 6. The summed E-state index contributed by atoms with van der Waals surface area (Å²) in [5.74, 6) is 2.01. The topological polar surface area (TPSA) is 69.5 Å². The van der Waals surface area contributed by atoms with Gasteiger partial charge in [-0.25, -0.2) is 5.43 Å². The molecule has 2 saturated heterocycles. The first-order valence-corrected chi connectivity index (χ1v) is 10.4. The van der Waals surface area contributed by atoms with E-state index < -0.39 is 0 Å². The van der Waals surface area contributed by atoms with E-state index >= 15 is 0 Å². The molecule has 29 heavy (non-hydrogen) atoms. The second-order valence-electron chi connectivity index (χ2n) is 7.62. The van der Waals surface area contributed by atoms with Crippen LogP contribution < -0.4 is 15.2 Å². The molecule has 0 aliphatic carbocycles. The van der Waals surface area contributed by atoms with Gasteiger partial charge >= 0.3 is 0 Å². The highest BCUT2D eigenvalue weighted by Gasteiger charge is 2.21. The number of nitrogens with one attached hydrogen (secondary N) is 1. The molecule has 5 rings (SSSR count). The first-order valence-electron chi connectivity index (χ1n) is 10.4. The third-order valence-electron chi connectivity index (χ3n) is 5.54. The van der Waals surface area contributed by atoms with Gasteiger partial charge < -0.3 is 9.80 Å². The third-order valence-corrected chi connectivity index (χ3v) is 5.54. The highest BCUT2D eigenvalue weighted by molar-refractivity contribution is 5.90. The largest absolute Gasteiger partial charge is 0.341 e. The van der Waals surface area contributed by atoms with Gasteiger partial charge in [0.05, 0.1) is 6.21 Å². The molecule has 0 radical (unpaired) electrons. The molecule has 1 aromatic heterocycles. The Morgan fingerprint density at radius 2 is 1.38 bits per heavy atom. The van der Waals surface area contributed by atoms with E-state index in [-0.39, 0.29) is 0 Å². The SMILES string of the molecule is C(=NNc1nc(N2CCCC2)nc(N2CCCC2)n1)c1ccc2ccccc2c1. The normalized spacial score (nSPS) is 17.0. The van der Waals surface area contributed by atoms with E-state index in [1.165, 1.54) is 36.5 Å². The molecule has 0 atom stereocenters. The molecule has 2 fully saturated rings. The molecule has 0 amide bonds. The zero-order chi connectivity index (χ0) is 19.5. The molecule has 0 unspecified atom stereocenters. The lowest BCUT2D eigenvalue weighted by Gasteiger charge is -2.20. The summed E-state index contributed by atoms with van der Waals surface area (Å²) in [5.41, 5.74) is 4.06. The van der Waals surface area contributed by atoms with Crippen molar-refractivity contribution in [2.45, 2.75) is 25.7 Å².